The first kappa shape index (κ1) is 14.8. The van der Waals surface area contributed by atoms with Gasteiger partial charge in [0.2, 0.25) is 0 Å². The maximum Gasteiger partial charge on any atom is 0.256 e. The molecule has 5 heteroatoms. The fourth-order valence-corrected chi connectivity index (χ4v) is 2.17. The predicted octanol–water partition coefficient (Wildman–Crippen LogP) is 3.73. The first-order valence-corrected chi connectivity index (χ1v) is 7.18. The maximum atomic E-state index is 12.2. The van der Waals surface area contributed by atoms with E-state index >= 15 is 0 Å². The third kappa shape index (κ3) is 3.28. The Morgan fingerprint density at radius 2 is 2.00 bits per heavy atom. The van der Waals surface area contributed by atoms with Crippen LogP contribution in [0.1, 0.15) is 36.8 Å². The SMILES string of the molecule is Cn1nc(C(C)(C)C)cc1NC(=O)c1cccc(Br)c1. The highest BCUT2D eigenvalue weighted by Crippen LogP contribution is 2.23. The molecule has 4 nitrogen and oxygen atoms in total. The van der Waals surface area contributed by atoms with E-state index in [1.165, 1.54) is 0 Å². The summed E-state index contributed by atoms with van der Waals surface area (Å²) in [5.74, 6) is 0.551. The fourth-order valence-electron chi connectivity index (χ4n) is 1.77. The second-order valence-corrected chi connectivity index (χ2v) is 6.67. The molecule has 20 heavy (non-hydrogen) atoms. The van der Waals surface area contributed by atoms with Crippen LogP contribution in [0.2, 0.25) is 0 Å². The second-order valence-electron chi connectivity index (χ2n) is 5.75. The number of carbonyl (C=O) groups is 1. The topological polar surface area (TPSA) is 46.9 Å². The Balaban J connectivity index is 2.22. The highest BCUT2D eigenvalue weighted by molar-refractivity contribution is 9.10. The lowest BCUT2D eigenvalue weighted by molar-refractivity contribution is 0.102. The molecule has 1 amide bonds. The zero-order chi connectivity index (χ0) is 14.9. The van der Waals surface area contributed by atoms with E-state index in [4.69, 9.17) is 0 Å². The Labute approximate surface area is 127 Å². The van der Waals surface area contributed by atoms with Crippen LogP contribution >= 0.6 is 15.9 Å². The second kappa shape index (κ2) is 5.40. The summed E-state index contributed by atoms with van der Waals surface area (Å²) in [6, 6.07) is 9.20. The molecule has 0 bridgehead atoms. The summed E-state index contributed by atoms with van der Waals surface area (Å²) in [6.07, 6.45) is 0. The van der Waals surface area contributed by atoms with Crippen molar-refractivity contribution in [3.8, 4) is 0 Å². The maximum absolute atomic E-state index is 12.2. The summed E-state index contributed by atoms with van der Waals surface area (Å²) in [7, 11) is 1.83. The summed E-state index contributed by atoms with van der Waals surface area (Å²) >= 11 is 3.36. The third-order valence-corrected chi connectivity index (χ3v) is 3.47. The molecule has 1 aromatic carbocycles. The van der Waals surface area contributed by atoms with Crippen LogP contribution in [0, 0.1) is 0 Å². The smallest absolute Gasteiger partial charge is 0.256 e. The molecule has 1 heterocycles. The zero-order valence-electron chi connectivity index (χ0n) is 12.1. The molecule has 2 rings (SSSR count). The van der Waals surface area contributed by atoms with Gasteiger partial charge in [-0.2, -0.15) is 5.10 Å². The van der Waals surface area contributed by atoms with Crippen molar-refractivity contribution in [2.24, 2.45) is 7.05 Å². The van der Waals surface area contributed by atoms with Crippen LogP contribution in [-0.2, 0) is 12.5 Å². The molecule has 0 aliphatic rings. The van der Waals surface area contributed by atoms with Crippen LogP contribution < -0.4 is 5.32 Å². The monoisotopic (exact) mass is 335 g/mol. The van der Waals surface area contributed by atoms with E-state index in [0.717, 1.165) is 10.2 Å². The minimum absolute atomic E-state index is 0.0451. The van der Waals surface area contributed by atoms with Gasteiger partial charge < -0.3 is 5.32 Å². The Kier molecular flexibility index (Phi) is 3.99. The third-order valence-electron chi connectivity index (χ3n) is 2.98. The molecule has 0 saturated carbocycles. The minimum atomic E-state index is -0.144. The molecule has 0 aliphatic heterocycles. The van der Waals surface area contributed by atoms with Crippen molar-refractivity contribution < 1.29 is 4.79 Å². The molecular formula is C15H18BrN3O. The van der Waals surface area contributed by atoms with Crippen LogP contribution in [-0.4, -0.2) is 15.7 Å². The van der Waals surface area contributed by atoms with E-state index in [0.29, 0.717) is 11.4 Å². The van der Waals surface area contributed by atoms with Crippen LogP contribution in [0.3, 0.4) is 0 Å². The number of carbonyl (C=O) groups excluding carboxylic acids is 1. The lowest BCUT2D eigenvalue weighted by atomic mass is 9.92. The van der Waals surface area contributed by atoms with Gasteiger partial charge >= 0.3 is 0 Å². The van der Waals surface area contributed by atoms with Crippen LogP contribution in [0.5, 0.6) is 0 Å². The van der Waals surface area contributed by atoms with Gasteiger partial charge in [-0.15, -0.1) is 0 Å². The number of hydrogen-bond donors (Lipinski definition) is 1. The molecule has 1 aromatic heterocycles. The van der Waals surface area contributed by atoms with Crippen molar-refractivity contribution in [3.05, 3.63) is 46.1 Å². The number of hydrogen-bond acceptors (Lipinski definition) is 2. The molecule has 0 aliphatic carbocycles. The molecular weight excluding hydrogens is 318 g/mol. The van der Waals surface area contributed by atoms with Gasteiger partial charge in [0.1, 0.15) is 5.82 Å². The molecule has 106 valence electrons. The Morgan fingerprint density at radius 1 is 1.30 bits per heavy atom. The van der Waals surface area contributed by atoms with E-state index < -0.39 is 0 Å². The summed E-state index contributed by atoms with van der Waals surface area (Å²) in [6.45, 7) is 6.28. The summed E-state index contributed by atoms with van der Waals surface area (Å²) in [4.78, 5) is 12.2. The van der Waals surface area contributed by atoms with Gasteiger partial charge in [0.05, 0.1) is 5.69 Å². The average molecular weight is 336 g/mol. The molecule has 0 fully saturated rings. The van der Waals surface area contributed by atoms with Crippen LogP contribution in [0.4, 0.5) is 5.82 Å². The number of nitrogens with zero attached hydrogens (tertiary/aromatic N) is 2. The molecule has 0 unspecified atom stereocenters. The van der Waals surface area contributed by atoms with E-state index in [2.05, 4.69) is 47.1 Å². The Morgan fingerprint density at radius 3 is 2.55 bits per heavy atom. The number of anilines is 1. The van der Waals surface area contributed by atoms with E-state index in [1.54, 1.807) is 16.8 Å². The van der Waals surface area contributed by atoms with Gasteiger partial charge in [0, 0.05) is 28.6 Å². The van der Waals surface area contributed by atoms with Crippen molar-refractivity contribution in [1.29, 1.82) is 0 Å². The lowest BCUT2D eigenvalue weighted by Gasteiger charge is -2.13. The standard InChI is InChI=1S/C15H18BrN3O/c1-15(2,3)12-9-13(19(4)18-12)17-14(20)10-6-5-7-11(16)8-10/h5-9H,1-4H3,(H,17,20). The zero-order valence-corrected chi connectivity index (χ0v) is 13.7. The minimum Gasteiger partial charge on any atom is -0.307 e. The number of aromatic nitrogens is 2. The first-order chi connectivity index (χ1) is 9.27. The van der Waals surface area contributed by atoms with Crippen molar-refractivity contribution in [2.75, 3.05) is 5.32 Å². The number of benzene rings is 1. The van der Waals surface area contributed by atoms with E-state index in [9.17, 15) is 4.79 Å². The number of aryl methyl sites for hydroxylation is 1. The number of halogens is 1. The number of amides is 1. The highest BCUT2D eigenvalue weighted by Gasteiger charge is 2.19. The largest absolute Gasteiger partial charge is 0.307 e. The van der Waals surface area contributed by atoms with Crippen molar-refractivity contribution >= 4 is 27.7 Å². The van der Waals surface area contributed by atoms with E-state index in [-0.39, 0.29) is 11.3 Å². The van der Waals surface area contributed by atoms with Gasteiger partial charge in [-0.1, -0.05) is 42.8 Å². The molecule has 2 aromatic rings. The van der Waals surface area contributed by atoms with Crippen molar-refractivity contribution in [3.63, 3.8) is 0 Å². The predicted molar refractivity (Wildman–Crippen MR) is 84.0 cm³/mol. The van der Waals surface area contributed by atoms with Gasteiger partial charge in [0.15, 0.2) is 0 Å². The van der Waals surface area contributed by atoms with Gasteiger partial charge in [-0.3, -0.25) is 9.48 Å². The number of nitrogens with one attached hydrogen (secondary N) is 1. The lowest BCUT2D eigenvalue weighted by Crippen LogP contribution is -2.14. The molecule has 0 saturated heterocycles. The quantitative estimate of drug-likeness (QED) is 0.908. The van der Waals surface area contributed by atoms with Crippen molar-refractivity contribution in [1.82, 2.24) is 9.78 Å². The average Bonchev–Trinajstić information content (AvgIpc) is 2.71. The number of rotatable bonds is 2. The van der Waals surface area contributed by atoms with Gasteiger partial charge in [0.25, 0.3) is 5.91 Å². The summed E-state index contributed by atoms with van der Waals surface area (Å²) < 4.78 is 2.57. The van der Waals surface area contributed by atoms with E-state index in [1.807, 2.05) is 25.2 Å². The molecule has 0 atom stereocenters. The molecule has 1 N–H and O–H groups in total. The van der Waals surface area contributed by atoms with Crippen LogP contribution in [0.25, 0.3) is 0 Å². The Hall–Kier alpha value is -1.62. The van der Waals surface area contributed by atoms with Crippen LogP contribution in [0.15, 0.2) is 34.8 Å². The highest BCUT2D eigenvalue weighted by atomic mass is 79.9. The molecule has 0 radical (unpaired) electrons. The Bertz CT molecular complexity index is 641. The molecule has 0 spiro atoms. The van der Waals surface area contributed by atoms with Gasteiger partial charge in [-0.05, 0) is 18.2 Å². The first-order valence-electron chi connectivity index (χ1n) is 6.39. The summed E-state index contributed by atoms with van der Waals surface area (Å²) in [5.41, 5.74) is 1.51. The van der Waals surface area contributed by atoms with Gasteiger partial charge in [-0.25, -0.2) is 0 Å². The fraction of sp³-hybridized carbons (Fsp3) is 0.333. The summed E-state index contributed by atoms with van der Waals surface area (Å²) in [5, 5.41) is 7.33. The normalized spacial score (nSPS) is 11.4. The van der Waals surface area contributed by atoms with Crippen molar-refractivity contribution in [2.45, 2.75) is 26.2 Å².